The van der Waals surface area contributed by atoms with Crippen LogP contribution in [0.15, 0.2) is 36.5 Å². The molecule has 7 heteroatoms. The van der Waals surface area contributed by atoms with Crippen molar-refractivity contribution in [2.24, 2.45) is 0 Å². The lowest BCUT2D eigenvalue weighted by atomic mass is 10.1. The molecule has 0 saturated heterocycles. The van der Waals surface area contributed by atoms with E-state index in [1.54, 1.807) is 6.20 Å². The number of anilines is 1. The molecule has 1 aromatic carbocycles. The molecule has 1 aromatic heterocycles. The average Bonchev–Trinajstić information content (AvgIpc) is 2.45. The second kappa shape index (κ2) is 6.48. The average molecular weight is 360 g/mol. The molecule has 5 nitrogen and oxygen atoms in total. The van der Waals surface area contributed by atoms with Gasteiger partial charge in [0.15, 0.2) is 0 Å². The fraction of sp³-hybridized carbons (Fsp3) is 0.353. The number of carbonyl (C=O) groups is 1. The standard InChI is InChI=1S/C17H25N3O2Si2/c1-23(2,3)20(24(4,5)6)14-12-18-16(17(21)22)19-15(14)13-10-8-7-9-11-13/h7-12H,1-6H3,(H,21,22). The Morgan fingerprint density at radius 2 is 1.54 bits per heavy atom. The number of hydrogen-bond donors (Lipinski definition) is 1. The van der Waals surface area contributed by atoms with Gasteiger partial charge in [-0.05, 0) is 0 Å². The zero-order chi connectivity index (χ0) is 18.1. The number of rotatable bonds is 5. The SMILES string of the molecule is C[Si](C)(C)N(c1cnc(C(=O)O)nc1-c1ccccc1)[Si](C)(C)C. The van der Waals surface area contributed by atoms with Crippen molar-refractivity contribution in [1.29, 1.82) is 0 Å². The summed E-state index contributed by atoms with van der Waals surface area (Å²) in [5.41, 5.74) is 2.57. The molecule has 0 aliphatic carbocycles. The van der Waals surface area contributed by atoms with Crippen molar-refractivity contribution in [2.45, 2.75) is 39.3 Å². The quantitative estimate of drug-likeness (QED) is 0.805. The van der Waals surface area contributed by atoms with Gasteiger partial charge in [-0.2, -0.15) is 0 Å². The molecule has 0 aliphatic rings. The molecule has 1 N–H and O–H groups in total. The number of carboxylic acids is 1. The van der Waals surface area contributed by atoms with Crippen molar-refractivity contribution in [1.82, 2.24) is 9.97 Å². The Kier molecular flexibility index (Phi) is 4.96. The predicted octanol–water partition coefficient (Wildman–Crippen LogP) is 4.32. The first kappa shape index (κ1) is 18.3. The van der Waals surface area contributed by atoms with E-state index in [0.29, 0.717) is 5.69 Å². The molecule has 0 spiro atoms. The number of nitrogens with zero attached hydrogens (tertiary/aromatic N) is 3. The Morgan fingerprint density at radius 1 is 1.00 bits per heavy atom. The van der Waals surface area contributed by atoms with Crippen LogP contribution in [0, 0.1) is 0 Å². The van der Waals surface area contributed by atoms with Gasteiger partial charge in [0.2, 0.25) is 5.82 Å². The van der Waals surface area contributed by atoms with E-state index in [1.165, 1.54) is 0 Å². The fourth-order valence-corrected chi connectivity index (χ4v) is 13.0. The van der Waals surface area contributed by atoms with Crippen LogP contribution in [0.5, 0.6) is 0 Å². The Labute approximate surface area is 145 Å². The highest BCUT2D eigenvalue weighted by Gasteiger charge is 2.36. The van der Waals surface area contributed by atoms with Crippen LogP contribution < -0.4 is 4.23 Å². The molecule has 1 heterocycles. The van der Waals surface area contributed by atoms with Gasteiger partial charge in [0.25, 0.3) is 0 Å². The smallest absolute Gasteiger partial charge is 0.373 e. The number of benzene rings is 1. The number of hydrogen-bond acceptors (Lipinski definition) is 4. The second-order valence-electron chi connectivity index (χ2n) is 7.78. The maximum absolute atomic E-state index is 11.3. The zero-order valence-corrected chi connectivity index (χ0v) is 17.2. The van der Waals surface area contributed by atoms with Gasteiger partial charge >= 0.3 is 5.97 Å². The number of aromatic carboxylic acids is 1. The summed E-state index contributed by atoms with van der Waals surface area (Å²) in [4.78, 5) is 19.8. The van der Waals surface area contributed by atoms with E-state index in [-0.39, 0.29) is 5.82 Å². The molecule has 0 fully saturated rings. The van der Waals surface area contributed by atoms with Gasteiger partial charge < -0.3 is 9.34 Å². The minimum atomic E-state index is -1.70. The highest BCUT2D eigenvalue weighted by Crippen LogP contribution is 2.35. The van der Waals surface area contributed by atoms with E-state index in [1.807, 2.05) is 30.3 Å². The molecular formula is C17H25N3O2Si2. The molecule has 0 bridgehead atoms. The van der Waals surface area contributed by atoms with E-state index in [4.69, 9.17) is 0 Å². The Balaban J connectivity index is 2.75. The summed E-state index contributed by atoms with van der Waals surface area (Å²) in [5, 5.41) is 9.28. The van der Waals surface area contributed by atoms with Crippen LogP contribution in [0.4, 0.5) is 5.69 Å². The van der Waals surface area contributed by atoms with Crippen LogP contribution in [0.1, 0.15) is 10.6 Å². The predicted molar refractivity (Wildman–Crippen MR) is 104 cm³/mol. The van der Waals surface area contributed by atoms with Crippen LogP contribution in [0.2, 0.25) is 39.3 Å². The number of carboxylic acid groups (broad SMARTS) is 1. The minimum absolute atomic E-state index is 0.163. The number of aromatic nitrogens is 2. The third-order valence-electron chi connectivity index (χ3n) is 3.59. The summed E-state index contributed by atoms with van der Waals surface area (Å²) < 4.78 is 2.51. The van der Waals surface area contributed by atoms with Crippen LogP contribution in [0.3, 0.4) is 0 Å². The Bertz CT molecular complexity index is 724. The summed E-state index contributed by atoms with van der Waals surface area (Å²) in [6.45, 7) is 13.8. The highest BCUT2D eigenvalue weighted by atomic mass is 28.4. The van der Waals surface area contributed by atoms with Gasteiger partial charge in [-0.1, -0.05) is 69.6 Å². The van der Waals surface area contributed by atoms with Gasteiger partial charge in [0.1, 0.15) is 16.5 Å². The minimum Gasteiger partial charge on any atom is -0.475 e. The lowest BCUT2D eigenvalue weighted by Crippen LogP contribution is -2.59. The molecule has 2 rings (SSSR count). The van der Waals surface area contributed by atoms with Crippen LogP contribution in [0.25, 0.3) is 11.3 Å². The van der Waals surface area contributed by atoms with Crippen molar-refractivity contribution in [3.8, 4) is 11.3 Å². The molecule has 128 valence electrons. The maximum Gasteiger partial charge on any atom is 0.373 e. The third kappa shape index (κ3) is 3.91. The molecule has 0 unspecified atom stereocenters. The lowest BCUT2D eigenvalue weighted by molar-refractivity contribution is 0.0683. The van der Waals surface area contributed by atoms with Crippen molar-refractivity contribution in [3.05, 3.63) is 42.4 Å². The first-order valence-corrected chi connectivity index (χ1v) is 14.9. The summed E-state index contributed by atoms with van der Waals surface area (Å²) in [5.74, 6) is -1.27. The van der Waals surface area contributed by atoms with Crippen molar-refractivity contribution >= 4 is 28.1 Å². The summed E-state index contributed by atoms with van der Waals surface area (Å²) in [7, 11) is -3.41. The van der Waals surface area contributed by atoms with Crippen molar-refractivity contribution in [3.63, 3.8) is 0 Å². The highest BCUT2D eigenvalue weighted by molar-refractivity contribution is 6.99. The molecule has 0 amide bonds. The molecule has 0 radical (unpaired) electrons. The van der Waals surface area contributed by atoms with E-state index in [2.05, 4.69) is 53.5 Å². The zero-order valence-electron chi connectivity index (χ0n) is 15.2. The van der Waals surface area contributed by atoms with Crippen molar-refractivity contribution in [2.75, 3.05) is 4.23 Å². The largest absolute Gasteiger partial charge is 0.475 e. The van der Waals surface area contributed by atoms with Crippen LogP contribution >= 0.6 is 0 Å². The monoisotopic (exact) mass is 359 g/mol. The van der Waals surface area contributed by atoms with Crippen LogP contribution in [-0.2, 0) is 0 Å². The molecule has 2 aromatic rings. The fourth-order valence-electron chi connectivity index (χ4n) is 3.18. The van der Waals surface area contributed by atoms with E-state index < -0.39 is 22.4 Å². The van der Waals surface area contributed by atoms with Crippen LogP contribution in [-0.4, -0.2) is 37.5 Å². The molecule has 0 atom stereocenters. The first-order valence-electron chi connectivity index (χ1n) is 7.98. The summed E-state index contributed by atoms with van der Waals surface area (Å²) in [6, 6.07) is 9.75. The summed E-state index contributed by atoms with van der Waals surface area (Å²) in [6.07, 6.45) is 1.69. The van der Waals surface area contributed by atoms with Gasteiger partial charge in [0, 0.05) is 5.56 Å². The molecule has 0 aliphatic heterocycles. The van der Waals surface area contributed by atoms with Gasteiger partial charge in [-0.25, -0.2) is 14.8 Å². The van der Waals surface area contributed by atoms with Crippen molar-refractivity contribution < 1.29 is 9.90 Å². The molecular weight excluding hydrogens is 334 g/mol. The topological polar surface area (TPSA) is 66.3 Å². The lowest BCUT2D eigenvalue weighted by Gasteiger charge is -2.46. The van der Waals surface area contributed by atoms with E-state index in [9.17, 15) is 9.90 Å². The Hall–Kier alpha value is -2.00. The van der Waals surface area contributed by atoms with E-state index in [0.717, 1.165) is 11.3 Å². The van der Waals surface area contributed by atoms with Gasteiger partial charge in [-0.15, -0.1) is 0 Å². The van der Waals surface area contributed by atoms with Gasteiger partial charge in [-0.3, -0.25) is 0 Å². The van der Waals surface area contributed by atoms with E-state index >= 15 is 0 Å². The molecule has 0 saturated carbocycles. The maximum atomic E-state index is 11.3. The van der Waals surface area contributed by atoms with Gasteiger partial charge in [0.05, 0.1) is 17.6 Å². The normalized spacial score (nSPS) is 12.1. The Morgan fingerprint density at radius 3 is 2.00 bits per heavy atom. The third-order valence-corrected chi connectivity index (χ3v) is 10.8. The molecule has 24 heavy (non-hydrogen) atoms. The first-order chi connectivity index (χ1) is 11.0. The summed E-state index contributed by atoms with van der Waals surface area (Å²) >= 11 is 0. The second-order valence-corrected chi connectivity index (χ2v) is 17.8.